The van der Waals surface area contributed by atoms with E-state index < -0.39 is 5.97 Å². The van der Waals surface area contributed by atoms with E-state index in [2.05, 4.69) is 15.0 Å². The molecule has 0 saturated carbocycles. The van der Waals surface area contributed by atoms with Gasteiger partial charge in [0.15, 0.2) is 0 Å². The zero-order valence-corrected chi connectivity index (χ0v) is 10.7. The molecule has 1 aromatic heterocycles. The molecule has 0 aliphatic heterocycles. The van der Waals surface area contributed by atoms with Gasteiger partial charge in [-0.25, -0.2) is 14.6 Å². The van der Waals surface area contributed by atoms with Crippen LogP contribution in [0.5, 0.6) is 0 Å². The van der Waals surface area contributed by atoms with Crippen molar-refractivity contribution in [2.75, 3.05) is 0 Å². The summed E-state index contributed by atoms with van der Waals surface area (Å²) in [6, 6.07) is 11.6. The first-order chi connectivity index (χ1) is 10.2. The van der Waals surface area contributed by atoms with Crippen LogP contribution >= 0.6 is 0 Å². The number of isocyanates is 1. The van der Waals surface area contributed by atoms with Gasteiger partial charge in [0.05, 0.1) is 22.3 Å². The number of benzene rings is 2. The molecule has 2 N–H and O–H groups in total. The fourth-order valence-corrected chi connectivity index (χ4v) is 2.03. The summed E-state index contributed by atoms with van der Waals surface area (Å²) in [6.07, 6.45) is 1.48. The van der Waals surface area contributed by atoms with E-state index in [-0.39, 0.29) is 5.56 Å². The van der Waals surface area contributed by atoms with Gasteiger partial charge in [0.25, 0.3) is 0 Å². The molecule has 0 spiro atoms. The molecule has 21 heavy (non-hydrogen) atoms. The molecular weight excluding hydrogens is 270 g/mol. The van der Waals surface area contributed by atoms with E-state index >= 15 is 0 Å². The Morgan fingerprint density at radius 2 is 1.95 bits per heavy atom. The van der Waals surface area contributed by atoms with E-state index in [0.717, 1.165) is 5.56 Å². The summed E-state index contributed by atoms with van der Waals surface area (Å²) in [6.45, 7) is 0. The summed E-state index contributed by atoms with van der Waals surface area (Å²) in [7, 11) is 0. The molecule has 0 amide bonds. The first kappa shape index (κ1) is 12.8. The third-order valence-electron chi connectivity index (χ3n) is 3.04. The fraction of sp³-hybridized carbons (Fsp3) is 0. The van der Waals surface area contributed by atoms with Crippen molar-refractivity contribution >= 4 is 28.8 Å². The van der Waals surface area contributed by atoms with Gasteiger partial charge in [-0.2, -0.15) is 4.99 Å². The lowest BCUT2D eigenvalue weighted by Gasteiger charge is -1.96. The molecule has 0 bridgehead atoms. The number of imidazole rings is 1. The minimum atomic E-state index is -0.982. The number of carbonyl (C=O) groups is 1. The standard InChI is InChI=1S/C15H9N3O3/c19-8-16-11-4-1-9(2-5-11)14-17-12-6-3-10(15(20)21)7-13(12)18-14/h1-7H,(H,17,18)(H,20,21). The van der Waals surface area contributed by atoms with Crippen molar-refractivity contribution in [2.45, 2.75) is 0 Å². The molecule has 1 heterocycles. The normalized spacial score (nSPS) is 10.3. The summed E-state index contributed by atoms with van der Waals surface area (Å²) in [5.41, 5.74) is 2.86. The van der Waals surface area contributed by atoms with E-state index in [1.54, 1.807) is 36.4 Å². The van der Waals surface area contributed by atoms with Crippen LogP contribution < -0.4 is 0 Å². The molecule has 6 heteroatoms. The van der Waals surface area contributed by atoms with Gasteiger partial charge in [-0.1, -0.05) is 0 Å². The number of aromatic amines is 1. The Labute approximate surface area is 118 Å². The van der Waals surface area contributed by atoms with Gasteiger partial charge in [0, 0.05) is 5.56 Å². The predicted octanol–water partition coefficient (Wildman–Crippen LogP) is 2.90. The number of aliphatic imine (C=N–C) groups is 1. The Balaban J connectivity index is 2.04. The first-order valence-electron chi connectivity index (χ1n) is 6.09. The largest absolute Gasteiger partial charge is 0.478 e. The molecule has 3 aromatic rings. The molecule has 6 nitrogen and oxygen atoms in total. The van der Waals surface area contributed by atoms with E-state index in [9.17, 15) is 9.59 Å². The molecule has 0 aliphatic carbocycles. The van der Waals surface area contributed by atoms with Crippen LogP contribution in [0, 0.1) is 0 Å². The monoisotopic (exact) mass is 279 g/mol. The van der Waals surface area contributed by atoms with Crippen LogP contribution in [-0.4, -0.2) is 27.1 Å². The van der Waals surface area contributed by atoms with E-state index in [4.69, 9.17) is 5.11 Å². The van der Waals surface area contributed by atoms with Crippen molar-refractivity contribution in [3.8, 4) is 11.4 Å². The number of nitrogens with zero attached hydrogens (tertiary/aromatic N) is 2. The van der Waals surface area contributed by atoms with Crippen LogP contribution in [0.25, 0.3) is 22.4 Å². The number of carboxylic acid groups (broad SMARTS) is 1. The first-order valence-corrected chi connectivity index (χ1v) is 6.09. The van der Waals surface area contributed by atoms with Gasteiger partial charge in [-0.3, -0.25) is 0 Å². The van der Waals surface area contributed by atoms with E-state index in [1.807, 2.05) is 0 Å². The van der Waals surface area contributed by atoms with Crippen molar-refractivity contribution in [1.82, 2.24) is 9.97 Å². The number of fused-ring (bicyclic) bond motifs is 1. The maximum absolute atomic E-state index is 10.9. The number of aromatic carboxylic acids is 1. The zero-order chi connectivity index (χ0) is 14.8. The van der Waals surface area contributed by atoms with E-state index in [0.29, 0.717) is 22.5 Å². The smallest absolute Gasteiger partial charge is 0.335 e. The van der Waals surface area contributed by atoms with Crippen LogP contribution in [-0.2, 0) is 4.79 Å². The molecule has 0 radical (unpaired) electrons. The minimum absolute atomic E-state index is 0.202. The lowest BCUT2D eigenvalue weighted by atomic mass is 10.2. The Morgan fingerprint density at radius 3 is 2.62 bits per heavy atom. The van der Waals surface area contributed by atoms with Crippen LogP contribution in [0.2, 0.25) is 0 Å². The van der Waals surface area contributed by atoms with Gasteiger partial charge < -0.3 is 10.1 Å². The van der Waals surface area contributed by atoms with Crippen molar-refractivity contribution in [1.29, 1.82) is 0 Å². The summed E-state index contributed by atoms with van der Waals surface area (Å²) in [5, 5.41) is 8.97. The average Bonchev–Trinajstić information content (AvgIpc) is 2.91. The number of carbonyl (C=O) groups excluding carboxylic acids is 1. The molecule has 3 rings (SSSR count). The molecule has 0 saturated heterocycles. The van der Waals surface area contributed by atoms with Crippen LogP contribution in [0.15, 0.2) is 47.5 Å². The Hall–Kier alpha value is -3.24. The average molecular weight is 279 g/mol. The molecule has 0 atom stereocenters. The van der Waals surface area contributed by atoms with Crippen LogP contribution in [0.3, 0.4) is 0 Å². The predicted molar refractivity (Wildman–Crippen MR) is 76.3 cm³/mol. The fourth-order valence-electron chi connectivity index (χ4n) is 2.03. The second kappa shape index (κ2) is 5.03. The maximum Gasteiger partial charge on any atom is 0.335 e. The Bertz CT molecular complexity index is 875. The number of hydrogen-bond acceptors (Lipinski definition) is 4. The summed E-state index contributed by atoms with van der Waals surface area (Å²) < 4.78 is 0. The molecular formula is C15H9N3O3. The number of aromatic nitrogens is 2. The summed E-state index contributed by atoms with van der Waals surface area (Å²) in [4.78, 5) is 32.1. The Morgan fingerprint density at radius 1 is 1.19 bits per heavy atom. The van der Waals surface area contributed by atoms with Crippen LogP contribution in [0.4, 0.5) is 5.69 Å². The maximum atomic E-state index is 10.9. The van der Waals surface area contributed by atoms with Gasteiger partial charge in [-0.15, -0.1) is 0 Å². The van der Waals surface area contributed by atoms with Crippen LogP contribution in [0.1, 0.15) is 10.4 Å². The third kappa shape index (κ3) is 2.43. The number of nitrogens with one attached hydrogen (secondary N) is 1. The third-order valence-corrected chi connectivity index (χ3v) is 3.04. The molecule has 2 aromatic carbocycles. The van der Waals surface area contributed by atoms with Gasteiger partial charge in [0.2, 0.25) is 6.08 Å². The lowest BCUT2D eigenvalue weighted by molar-refractivity contribution is 0.0697. The Kier molecular flexibility index (Phi) is 3.06. The minimum Gasteiger partial charge on any atom is -0.478 e. The van der Waals surface area contributed by atoms with Crippen molar-refractivity contribution in [2.24, 2.45) is 4.99 Å². The zero-order valence-electron chi connectivity index (χ0n) is 10.7. The van der Waals surface area contributed by atoms with Crippen molar-refractivity contribution in [3.63, 3.8) is 0 Å². The second-order valence-corrected chi connectivity index (χ2v) is 4.37. The number of hydrogen-bond donors (Lipinski definition) is 2. The quantitative estimate of drug-likeness (QED) is 0.569. The highest BCUT2D eigenvalue weighted by molar-refractivity contribution is 5.93. The summed E-state index contributed by atoms with van der Waals surface area (Å²) >= 11 is 0. The lowest BCUT2D eigenvalue weighted by Crippen LogP contribution is -1.94. The summed E-state index contributed by atoms with van der Waals surface area (Å²) in [5.74, 6) is -0.363. The molecule has 0 aliphatic rings. The molecule has 0 fully saturated rings. The van der Waals surface area contributed by atoms with Gasteiger partial charge in [0.1, 0.15) is 5.82 Å². The highest BCUT2D eigenvalue weighted by atomic mass is 16.4. The highest BCUT2D eigenvalue weighted by Crippen LogP contribution is 2.23. The topological polar surface area (TPSA) is 95.4 Å². The van der Waals surface area contributed by atoms with Gasteiger partial charge in [-0.05, 0) is 42.5 Å². The van der Waals surface area contributed by atoms with Crippen molar-refractivity contribution in [3.05, 3.63) is 48.0 Å². The molecule has 0 unspecified atom stereocenters. The number of H-pyrrole nitrogens is 1. The molecule has 102 valence electrons. The second-order valence-electron chi connectivity index (χ2n) is 4.37. The van der Waals surface area contributed by atoms with Gasteiger partial charge >= 0.3 is 5.97 Å². The number of rotatable bonds is 3. The number of carboxylic acids is 1. The highest BCUT2D eigenvalue weighted by Gasteiger charge is 2.08. The van der Waals surface area contributed by atoms with Crippen molar-refractivity contribution < 1.29 is 14.7 Å². The van der Waals surface area contributed by atoms with E-state index in [1.165, 1.54) is 12.1 Å². The SMILES string of the molecule is O=C=Nc1ccc(-c2nc3ccc(C(=O)O)cc3[nH]2)cc1.